The van der Waals surface area contributed by atoms with Crippen LogP contribution < -0.4 is 5.73 Å². The minimum atomic E-state index is -0.467. The maximum absolute atomic E-state index is 13.3. The molecule has 0 spiro atoms. The number of aliphatic imine (C=N–C) groups is 1. The third-order valence-electron chi connectivity index (χ3n) is 2.88. The van der Waals surface area contributed by atoms with E-state index in [-0.39, 0.29) is 12.1 Å². The fraction of sp³-hybridized carbons (Fsp3) is 0.417. The first-order valence-corrected chi connectivity index (χ1v) is 5.54. The molecule has 1 aromatic rings. The molecule has 1 fully saturated rings. The molecule has 2 N–H and O–H groups in total. The predicted molar refractivity (Wildman–Crippen MR) is 62.5 cm³/mol. The molecule has 0 atom stereocenters. The van der Waals surface area contributed by atoms with Gasteiger partial charge in [0.15, 0.2) is 5.96 Å². The van der Waals surface area contributed by atoms with E-state index in [1.165, 1.54) is 0 Å². The minimum Gasteiger partial charge on any atom is -0.370 e. The molecule has 0 unspecified atom stereocenters. The molecule has 2 rings (SSSR count). The number of rotatable bonds is 3. The van der Waals surface area contributed by atoms with Gasteiger partial charge in [0.2, 0.25) is 0 Å². The van der Waals surface area contributed by atoms with Crippen LogP contribution in [0, 0.1) is 11.6 Å². The molecule has 0 radical (unpaired) electrons. The van der Waals surface area contributed by atoms with Gasteiger partial charge in [-0.05, 0) is 31.0 Å². The zero-order valence-corrected chi connectivity index (χ0v) is 9.66. The SMILES string of the molecule is CN(C(N)=NCc1cc(F)ccc1F)C1CC1. The maximum atomic E-state index is 13.3. The summed E-state index contributed by atoms with van der Waals surface area (Å²) in [7, 11) is 1.86. The van der Waals surface area contributed by atoms with Crippen LogP contribution in [0.15, 0.2) is 23.2 Å². The molecular formula is C12H15F2N3. The average Bonchev–Trinajstić information content (AvgIpc) is 3.13. The molecule has 0 amide bonds. The molecule has 1 aliphatic carbocycles. The molecule has 0 bridgehead atoms. The topological polar surface area (TPSA) is 41.6 Å². The lowest BCUT2D eigenvalue weighted by atomic mass is 10.2. The van der Waals surface area contributed by atoms with E-state index in [4.69, 9.17) is 5.73 Å². The summed E-state index contributed by atoms with van der Waals surface area (Å²) < 4.78 is 26.2. The standard InChI is InChI=1S/C12H15F2N3/c1-17(10-3-4-10)12(15)16-7-8-6-9(13)2-5-11(8)14/h2,5-6,10H,3-4,7H2,1H3,(H2,15,16). The second-order valence-corrected chi connectivity index (χ2v) is 4.25. The number of guanidine groups is 1. The second kappa shape index (κ2) is 4.69. The Bertz CT molecular complexity index is 441. The summed E-state index contributed by atoms with van der Waals surface area (Å²) in [5.74, 6) is -0.557. The Morgan fingerprint density at radius 1 is 1.47 bits per heavy atom. The van der Waals surface area contributed by atoms with Crippen LogP contribution in [-0.4, -0.2) is 23.9 Å². The molecule has 92 valence electrons. The smallest absolute Gasteiger partial charge is 0.191 e. The first-order valence-electron chi connectivity index (χ1n) is 5.54. The predicted octanol–water partition coefficient (Wildman–Crippen LogP) is 1.87. The zero-order chi connectivity index (χ0) is 12.4. The Morgan fingerprint density at radius 2 is 2.18 bits per heavy atom. The van der Waals surface area contributed by atoms with Crippen molar-refractivity contribution in [3.63, 3.8) is 0 Å². The molecule has 17 heavy (non-hydrogen) atoms. The summed E-state index contributed by atoms with van der Waals surface area (Å²) >= 11 is 0. The van der Waals surface area contributed by atoms with Gasteiger partial charge in [0.1, 0.15) is 11.6 Å². The van der Waals surface area contributed by atoms with Gasteiger partial charge in [0, 0.05) is 18.7 Å². The number of hydrogen-bond acceptors (Lipinski definition) is 1. The summed E-state index contributed by atoms with van der Waals surface area (Å²) in [5.41, 5.74) is 5.97. The van der Waals surface area contributed by atoms with Gasteiger partial charge in [-0.25, -0.2) is 13.8 Å². The van der Waals surface area contributed by atoms with Crippen LogP contribution in [0.2, 0.25) is 0 Å². The van der Waals surface area contributed by atoms with Crippen molar-refractivity contribution in [3.8, 4) is 0 Å². The second-order valence-electron chi connectivity index (χ2n) is 4.25. The number of halogens is 2. The number of hydrogen-bond donors (Lipinski definition) is 1. The summed E-state index contributed by atoms with van der Waals surface area (Å²) in [5, 5.41) is 0. The van der Waals surface area contributed by atoms with Crippen molar-refractivity contribution in [1.29, 1.82) is 0 Å². The highest BCUT2D eigenvalue weighted by Gasteiger charge is 2.27. The van der Waals surface area contributed by atoms with E-state index in [0.717, 1.165) is 31.0 Å². The highest BCUT2D eigenvalue weighted by atomic mass is 19.1. The largest absolute Gasteiger partial charge is 0.370 e. The Balaban J connectivity index is 2.05. The van der Waals surface area contributed by atoms with Gasteiger partial charge in [-0.1, -0.05) is 0 Å². The van der Waals surface area contributed by atoms with Crippen molar-refractivity contribution in [3.05, 3.63) is 35.4 Å². The fourth-order valence-corrected chi connectivity index (χ4v) is 1.59. The van der Waals surface area contributed by atoms with Crippen molar-refractivity contribution in [2.24, 2.45) is 10.7 Å². The highest BCUT2D eigenvalue weighted by Crippen LogP contribution is 2.25. The van der Waals surface area contributed by atoms with Crippen molar-refractivity contribution in [2.75, 3.05) is 7.05 Å². The monoisotopic (exact) mass is 239 g/mol. The van der Waals surface area contributed by atoms with Gasteiger partial charge in [0.25, 0.3) is 0 Å². The van der Waals surface area contributed by atoms with E-state index in [1.54, 1.807) is 0 Å². The van der Waals surface area contributed by atoms with E-state index in [2.05, 4.69) is 4.99 Å². The maximum Gasteiger partial charge on any atom is 0.191 e. The summed E-state index contributed by atoms with van der Waals surface area (Å²) in [6.07, 6.45) is 2.22. The summed E-state index contributed by atoms with van der Waals surface area (Å²) in [6.45, 7) is 0.0620. The number of nitrogens with zero attached hydrogens (tertiary/aromatic N) is 2. The van der Waals surface area contributed by atoms with Crippen LogP contribution in [-0.2, 0) is 6.54 Å². The van der Waals surface area contributed by atoms with Crippen LogP contribution in [0.3, 0.4) is 0 Å². The van der Waals surface area contributed by atoms with Crippen molar-refractivity contribution >= 4 is 5.96 Å². The molecule has 1 saturated carbocycles. The van der Waals surface area contributed by atoms with Crippen molar-refractivity contribution in [1.82, 2.24) is 4.90 Å². The van der Waals surface area contributed by atoms with Gasteiger partial charge >= 0.3 is 0 Å². The lowest BCUT2D eigenvalue weighted by Crippen LogP contribution is -2.35. The van der Waals surface area contributed by atoms with Gasteiger partial charge in [-0.2, -0.15) is 0 Å². The molecular weight excluding hydrogens is 224 g/mol. The molecule has 0 heterocycles. The summed E-state index contributed by atoms with van der Waals surface area (Å²) in [4.78, 5) is 5.94. The zero-order valence-electron chi connectivity index (χ0n) is 9.66. The van der Waals surface area contributed by atoms with Gasteiger partial charge in [-0.15, -0.1) is 0 Å². The third-order valence-corrected chi connectivity index (χ3v) is 2.88. The Labute approximate surface area is 98.9 Å². The minimum absolute atomic E-state index is 0.0620. The van der Waals surface area contributed by atoms with E-state index in [1.807, 2.05) is 11.9 Å². The van der Waals surface area contributed by atoms with Crippen molar-refractivity contribution < 1.29 is 8.78 Å². The Hall–Kier alpha value is -1.65. The molecule has 0 aliphatic heterocycles. The van der Waals surface area contributed by atoms with Crippen LogP contribution >= 0.6 is 0 Å². The van der Waals surface area contributed by atoms with Crippen LogP contribution in [0.5, 0.6) is 0 Å². The highest BCUT2D eigenvalue weighted by molar-refractivity contribution is 5.78. The molecule has 0 saturated heterocycles. The van der Waals surface area contributed by atoms with E-state index < -0.39 is 11.6 Å². The van der Waals surface area contributed by atoms with Gasteiger partial charge < -0.3 is 10.6 Å². The normalized spacial score (nSPS) is 16.1. The lowest BCUT2D eigenvalue weighted by molar-refractivity contribution is 0.486. The quantitative estimate of drug-likeness (QED) is 0.646. The molecule has 3 nitrogen and oxygen atoms in total. The Kier molecular flexibility index (Phi) is 3.26. The molecule has 5 heteroatoms. The molecule has 1 aliphatic rings. The van der Waals surface area contributed by atoms with E-state index in [0.29, 0.717) is 12.0 Å². The van der Waals surface area contributed by atoms with Crippen LogP contribution in [0.25, 0.3) is 0 Å². The third kappa shape index (κ3) is 2.93. The molecule has 1 aromatic carbocycles. The van der Waals surface area contributed by atoms with Crippen molar-refractivity contribution in [2.45, 2.75) is 25.4 Å². The average molecular weight is 239 g/mol. The molecule has 0 aromatic heterocycles. The van der Waals surface area contributed by atoms with E-state index in [9.17, 15) is 8.78 Å². The van der Waals surface area contributed by atoms with Crippen LogP contribution in [0.4, 0.5) is 8.78 Å². The lowest BCUT2D eigenvalue weighted by Gasteiger charge is -2.16. The number of nitrogens with two attached hydrogens (primary N) is 1. The van der Waals surface area contributed by atoms with Crippen LogP contribution in [0.1, 0.15) is 18.4 Å². The van der Waals surface area contributed by atoms with E-state index >= 15 is 0 Å². The van der Waals surface area contributed by atoms with Gasteiger partial charge in [0.05, 0.1) is 6.54 Å². The number of benzene rings is 1. The Morgan fingerprint density at radius 3 is 2.82 bits per heavy atom. The summed E-state index contributed by atoms with van der Waals surface area (Å²) in [6, 6.07) is 3.78. The fourth-order valence-electron chi connectivity index (χ4n) is 1.59. The van der Waals surface area contributed by atoms with Gasteiger partial charge in [-0.3, -0.25) is 0 Å². The first kappa shape index (κ1) is 11.8. The first-order chi connectivity index (χ1) is 8.08.